The van der Waals surface area contributed by atoms with E-state index < -0.39 is 5.63 Å². The van der Waals surface area contributed by atoms with Gasteiger partial charge in [0.1, 0.15) is 10.3 Å². The predicted molar refractivity (Wildman–Crippen MR) is 93.3 cm³/mol. The quantitative estimate of drug-likeness (QED) is 0.508. The zero-order valence-corrected chi connectivity index (χ0v) is 14.3. The lowest BCUT2D eigenvalue weighted by molar-refractivity contribution is 0.513. The molecule has 0 unspecified atom stereocenters. The molecule has 0 bridgehead atoms. The van der Waals surface area contributed by atoms with Crippen molar-refractivity contribution in [2.75, 3.05) is 0 Å². The third-order valence-corrected chi connectivity index (χ3v) is 4.06. The smallest absolute Gasteiger partial charge is 0.347 e. The fraction of sp³-hybridized carbons (Fsp3) is 0. The van der Waals surface area contributed by atoms with Crippen LogP contribution in [-0.2, 0) is 0 Å². The maximum absolute atomic E-state index is 12.2. The van der Waals surface area contributed by atoms with Crippen molar-refractivity contribution in [3.05, 3.63) is 68.7 Å². The van der Waals surface area contributed by atoms with Crippen molar-refractivity contribution in [2.24, 2.45) is 0 Å². The molecule has 0 saturated heterocycles. The molecule has 3 heterocycles. The monoisotopic (exact) mass is 402 g/mol. The second-order valence-electron chi connectivity index (χ2n) is 4.90. The number of hydrogen-bond acceptors (Lipinski definition) is 5. The third-order valence-electron chi connectivity index (χ3n) is 3.37. The summed E-state index contributed by atoms with van der Waals surface area (Å²) in [6, 6.07) is 12.1. The molecular formula is C16H8BrClN4O2. The van der Waals surface area contributed by atoms with E-state index in [1.807, 2.05) is 0 Å². The van der Waals surface area contributed by atoms with Crippen LogP contribution in [0, 0.1) is 0 Å². The van der Waals surface area contributed by atoms with Gasteiger partial charge in [0, 0.05) is 12.3 Å². The molecule has 6 nitrogen and oxygen atoms in total. The van der Waals surface area contributed by atoms with Crippen molar-refractivity contribution in [3.8, 4) is 17.4 Å². The first-order valence-electron chi connectivity index (χ1n) is 6.90. The number of hydrogen-bond donors (Lipinski definition) is 0. The lowest BCUT2D eigenvalue weighted by Gasteiger charge is -2.07. The first kappa shape index (κ1) is 15.0. The molecule has 0 spiro atoms. The van der Waals surface area contributed by atoms with Crippen LogP contribution in [0.5, 0.6) is 0 Å². The van der Waals surface area contributed by atoms with Gasteiger partial charge >= 0.3 is 5.63 Å². The maximum Gasteiger partial charge on any atom is 0.347 e. The highest BCUT2D eigenvalue weighted by molar-refractivity contribution is 9.10. The van der Waals surface area contributed by atoms with Crippen molar-refractivity contribution >= 4 is 38.4 Å². The van der Waals surface area contributed by atoms with Gasteiger partial charge < -0.3 is 4.42 Å². The van der Waals surface area contributed by atoms with E-state index in [9.17, 15) is 4.79 Å². The van der Waals surface area contributed by atoms with Gasteiger partial charge in [-0.3, -0.25) is 0 Å². The highest BCUT2D eigenvalue weighted by Gasteiger charge is 2.18. The second kappa shape index (κ2) is 5.85. The SMILES string of the molecule is O=c1oc(-c2cc(Br)nn2-c2ncccc2Cl)nc2ccccc12. The van der Waals surface area contributed by atoms with Crippen LogP contribution >= 0.6 is 27.5 Å². The molecule has 0 fully saturated rings. The largest absolute Gasteiger partial charge is 0.401 e. The van der Waals surface area contributed by atoms with E-state index in [0.29, 0.717) is 32.0 Å². The van der Waals surface area contributed by atoms with Crippen LogP contribution < -0.4 is 5.63 Å². The van der Waals surface area contributed by atoms with Crippen LogP contribution in [0.25, 0.3) is 28.3 Å². The minimum Gasteiger partial charge on any atom is -0.401 e. The lowest BCUT2D eigenvalue weighted by Crippen LogP contribution is -2.07. The molecule has 3 aromatic heterocycles. The second-order valence-corrected chi connectivity index (χ2v) is 6.12. The molecule has 118 valence electrons. The van der Waals surface area contributed by atoms with Gasteiger partial charge in [-0.25, -0.2) is 19.4 Å². The predicted octanol–water partition coefficient (Wildman–Crippen LogP) is 3.85. The molecule has 4 rings (SSSR count). The molecular weight excluding hydrogens is 396 g/mol. The number of aromatic nitrogens is 4. The highest BCUT2D eigenvalue weighted by atomic mass is 79.9. The molecule has 1 aromatic carbocycles. The van der Waals surface area contributed by atoms with Crippen molar-refractivity contribution in [3.63, 3.8) is 0 Å². The first-order chi connectivity index (χ1) is 11.6. The minimum atomic E-state index is -0.466. The van der Waals surface area contributed by atoms with Gasteiger partial charge in [-0.15, -0.1) is 0 Å². The van der Waals surface area contributed by atoms with Crippen molar-refractivity contribution < 1.29 is 4.42 Å². The van der Waals surface area contributed by atoms with Crippen LogP contribution in [0.1, 0.15) is 0 Å². The normalized spacial score (nSPS) is 11.1. The van der Waals surface area contributed by atoms with Crippen LogP contribution in [0.15, 0.2) is 62.5 Å². The van der Waals surface area contributed by atoms with Gasteiger partial charge in [0.15, 0.2) is 5.82 Å². The molecule has 0 aliphatic heterocycles. The van der Waals surface area contributed by atoms with Crippen LogP contribution in [0.3, 0.4) is 0 Å². The molecule has 24 heavy (non-hydrogen) atoms. The molecule has 0 aliphatic rings. The number of benzene rings is 1. The summed E-state index contributed by atoms with van der Waals surface area (Å²) in [5.74, 6) is 0.552. The Hall–Kier alpha value is -2.51. The van der Waals surface area contributed by atoms with Crippen LogP contribution in [0.4, 0.5) is 0 Å². The summed E-state index contributed by atoms with van der Waals surface area (Å²) in [5, 5.41) is 5.15. The van der Waals surface area contributed by atoms with E-state index in [-0.39, 0.29) is 5.89 Å². The summed E-state index contributed by atoms with van der Waals surface area (Å²) in [5.41, 5.74) is 0.539. The number of rotatable bonds is 2. The Balaban J connectivity index is 1.99. The molecule has 0 amide bonds. The Morgan fingerprint density at radius 3 is 2.83 bits per heavy atom. The standard InChI is InChI=1S/C16H8BrClN4O2/c17-13-8-12(22(21-13)14-10(18)5-3-7-19-14)15-20-11-6-2-1-4-9(11)16(23)24-15/h1-8H. The molecule has 0 atom stereocenters. The summed E-state index contributed by atoms with van der Waals surface area (Å²) in [6.45, 7) is 0. The average molecular weight is 404 g/mol. The zero-order valence-electron chi connectivity index (χ0n) is 12.0. The average Bonchev–Trinajstić information content (AvgIpc) is 2.97. The summed E-state index contributed by atoms with van der Waals surface area (Å²) in [4.78, 5) is 20.9. The van der Waals surface area contributed by atoms with E-state index in [2.05, 4.69) is 31.0 Å². The van der Waals surface area contributed by atoms with Gasteiger partial charge in [-0.1, -0.05) is 23.7 Å². The number of fused-ring (bicyclic) bond motifs is 1. The molecule has 0 saturated carbocycles. The maximum atomic E-state index is 12.2. The topological polar surface area (TPSA) is 73.8 Å². The van der Waals surface area contributed by atoms with Crippen molar-refractivity contribution in [1.82, 2.24) is 19.7 Å². The molecule has 0 radical (unpaired) electrons. The molecule has 8 heteroatoms. The van der Waals surface area contributed by atoms with E-state index >= 15 is 0 Å². The van der Waals surface area contributed by atoms with Gasteiger partial charge in [-0.05, 0) is 40.2 Å². The first-order valence-corrected chi connectivity index (χ1v) is 8.07. The number of nitrogens with zero attached hydrogens (tertiary/aromatic N) is 4. The number of para-hydroxylation sites is 1. The zero-order chi connectivity index (χ0) is 16.7. The van der Waals surface area contributed by atoms with Gasteiger partial charge in [0.05, 0.1) is 15.9 Å². The Kier molecular flexibility index (Phi) is 3.66. The van der Waals surface area contributed by atoms with Gasteiger partial charge in [0.2, 0.25) is 5.89 Å². The summed E-state index contributed by atoms with van der Waals surface area (Å²) in [7, 11) is 0. The van der Waals surface area contributed by atoms with E-state index in [4.69, 9.17) is 16.0 Å². The summed E-state index contributed by atoms with van der Waals surface area (Å²) in [6.07, 6.45) is 1.60. The molecule has 0 N–H and O–H groups in total. The fourth-order valence-electron chi connectivity index (χ4n) is 2.33. The van der Waals surface area contributed by atoms with Gasteiger partial charge in [0.25, 0.3) is 0 Å². The van der Waals surface area contributed by atoms with E-state index in [1.165, 1.54) is 4.68 Å². The molecule has 0 aliphatic carbocycles. The van der Waals surface area contributed by atoms with Crippen molar-refractivity contribution in [1.29, 1.82) is 0 Å². The number of halogens is 2. The Morgan fingerprint density at radius 1 is 1.17 bits per heavy atom. The Morgan fingerprint density at radius 2 is 2.00 bits per heavy atom. The Labute approximate surface area is 148 Å². The van der Waals surface area contributed by atoms with Crippen LogP contribution in [-0.4, -0.2) is 19.7 Å². The number of pyridine rings is 1. The molecule has 4 aromatic rings. The van der Waals surface area contributed by atoms with Gasteiger partial charge in [-0.2, -0.15) is 5.10 Å². The minimum absolute atomic E-state index is 0.138. The summed E-state index contributed by atoms with van der Waals surface area (Å²) >= 11 is 9.52. The third kappa shape index (κ3) is 2.51. The van der Waals surface area contributed by atoms with Crippen molar-refractivity contribution in [2.45, 2.75) is 0 Å². The summed E-state index contributed by atoms with van der Waals surface area (Å²) < 4.78 is 7.39. The highest BCUT2D eigenvalue weighted by Crippen LogP contribution is 2.27. The Bertz CT molecular complexity index is 1120. The van der Waals surface area contributed by atoms with E-state index in [0.717, 1.165) is 0 Å². The fourth-order valence-corrected chi connectivity index (χ4v) is 2.90. The lowest BCUT2D eigenvalue weighted by atomic mass is 10.2. The van der Waals surface area contributed by atoms with Crippen LogP contribution in [0.2, 0.25) is 5.02 Å². The van der Waals surface area contributed by atoms with E-state index in [1.54, 1.807) is 48.7 Å².